The highest BCUT2D eigenvalue weighted by Gasteiger charge is 2.33. The van der Waals surface area contributed by atoms with Crippen LogP contribution in [0.1, 0.15) is 22.3 Å². The number of hydrogen-bond donors (Lipinski definition) is 1. The van der Waals surface area contributed by atoms with Gasteiger partial charge in [-0.1, -0.05) is 66.2 Å². The summed E-state index contributed by atoms with van der Waals surface area (Å²) in [7, 11) is 0. The Morgan fingerprint density at radius 2 is 1.71 bits per heavy atom. The summed E-state index contributed by atoms with van der Waals surface area (Å²) in [5.74, 6) is 0.444. The largest absolute Gasteiger partial charge is 0.488 e. The fourth-order valence-electron chi connectivity index (χ4n) is 3.22. The minimum absolute atomic E-state index is 0.242. The van der Waals surface area contributed by atoms with Gasteiger partial charge in [-0.2, -0.15) is 0 Å². The zero-order chi connectivity index (χ0) is 21.8. The summed E-state index contributed by atoms with van der Waals surface area (Å²) in [6, 6.07) is 23.0. The predicted octanol–water partition coefficient (Wildman–Crippen LogP) is 5.27. The summed E-state index contributed by atoms with van der Waals surface area (Å²) >= 11 is 2.21. The van der Waals surface area contributed by atoms with Gasteiger partial charge in [0.05, 0.1) is 10.1 Å². The molecule has 5 nitrogen and oxygen atoms in total. The summed E-state index contributed by atoms with van der Waals surface area (Å²) in [6.07, 6.45) is 1.69. The maximum atomic E-state index is 12.8. The standard InChI is InChI=1S/C25H21IN2O3/c1-17-7-9-18(10-8-17)15-28-24(29)22(27-25(28)30)14-20-11-12-23(21(26)13-20)31-16-19-5-3-2-4-6-19/h2-14H,15-16H2,1H3,(H,27,30)/b22-14+. The maximum Gasteiger partial charge on any atom is 0.329 e. The highest BCUT2D eigenvalue weighted by atomic mass is 127. The molecular formula is C25H21IN2O3. The average molecular weight is 524 g/mol. The molecule has 156 valence electrons. The molecule has 0 radical (unpaired) electrons. The Balaban J connectivity index is 1.45. The molecule has 1 fully saturated rings. The Labute approximate surface area is 194 Å². The summed E-state index contributed by atoms with van der Waals surface area (Å²) in [5.41, 5.74) is 4.22. The third kappa shape index (κ3) is 5.14. The van der Waals surface area contributed by atoms with Crippen LogP contribution >= 0.6 is 22.6 Å². The van der Waals surface area contributed by atoms with Crippen LogP contribution in [0.15, 0.2) is 78.5 Å². The second-order valence-electron chi connectivity index (χ2n) is 7.33. The number of benzene rings is 3. The van der Waals surface area contributed by atoms with Crippen molar-refractivity contribution in [2.75, 3.05) is 0 Å². The molecule has 1 aliphatic rings. The van der Waals surface area contributed by atoms with Gasteiger partial charge in [-0.15, -0.1) is 0 Å². The maximum absolute atomic E-state index is 12.8. The molecule has 1 aliphatic heterocycles. The zero-order valence-corrected chi connectivity index (χ0v) is 19.1. The van der Waals surface area contributed by atoms with Crippen molar-refractivity contribution in [2.45, 2.75) is 20.1 Å². The van der Waals surface area contributed by atoms with Crippen molar-refractivity contribution in [1.82, 2.24) is 10.2 Å². The van der Waals surface area contributed by atoms with E-state index >= 15 is 0 Å². The van der Waals surface area contributed by atoms with Crippen LogP contribution in [-0.4, -0.2) is 16.8 Å². The molecule has 0 unspecified atom stereocenters. The summed E-state index contributed by atoms with van der Waals surface area (Å²) in [5, 5.41) is 2.68. The number of carbonyl (C=O) groups excluding carboxylic acids is 2. The summed E-state index contributed by atoms with van der Waals surface area (Å²) < 4.78 is 6.83. The summed E-state index contributed by atoms with van der Waals surface area (Å²) in [4.78, 5) is 26.3. The Bertz CT molecular complexity index is 1140. The molecule has 4 rings (SSSR count). The molecule has 0 spiro atoms. The van der Waals surface area contributed by atoms with E-state index < -0.39 is 6.03 Å². The molecule has 0 aromatic heterocycles. The van der Waals surface area contributed by atoms with Gasteiger partial charge in [0.25, 0.3) is 5.91 Å². The Hall–Kier alpha value is -3.13. The van der Waals surface area contributed by atoms with E-state index in [1.54, 1.807) is 6.08 Å². The first-order chi connectivity index (χ1) is 15.0. The van der Waals surface area contributed by atoms with Gasteiger partial charge in [0.2, 0.25) is 0 Å². The van der Waals surface area contributed by atoms with Crippen LogP contribution in [0.2, 0.25) is 0 Å². The third-order valence-electron chi connectivity index (χ3n) is 4.93. The van der Waals surface area contributed by atoms with Crippen LogP contribution in [0, 0.1) is 10.5 Å². The second-order valence-corrected chi connectivity index (χ2v) is 8.49. The number of nitrogens with zero attached hydrogens (tertiary/aromatic N) is 1. The van der Waals surface area contributed by atoms with Crippen molar-refractivity contribution in [3.05, 3.63) is 104 Å². The lowest BCUT2D eigenvalue weighted by Gasteiger charge is -2.12. The van der Waals surface area contributed by atoms with E-state index in [2.05, 4.69) is 27.9 Å². The van der Waals surface area contributed by atoms with Gasteiger partial charge < -0.3 is 10.1 Å². The first-order valence-electron chi connectivity index (χ1n) is 9.86. The van der Waals surface area contributed by atoms with Crippen LogP contribution in [-0.2, 0) is 17.9 Å². The van der Waals surface area contributed by atoms with E-state index in [-0.39, 0.29) is 18.1 Å². The van der Waals surface area contributed by atoms with Crippen molar-refractivity contribution in [3.63, 3.8) is 0 Å². The number of aryl methyl sites for hydroxylation is 1. The number of hydrogen-bond acceptors (Lipinski definition) is 3. The van der Waals surface area contributed by atoms with Gasteiger partial charge >= 0.3 is 6.03 Å². The van der Waals surface area contributed by atoms with Gasteiger partial charge in [0.1, 0.15) is 18.1 Å². The van der Waals surface area contributed by atoms with Crippen molar-refractivity contribution < 1.29 is 14.3 Å². The molecule has 3 amide bonds. The van der Waals surface area contributed by atoms with E-state index in [9.17, 15) is 9.59 Å². The van der Waals surface area contributed by atoms with E-state index in [1.165, 1.54) is 4.90 Å². The van der Waals surface area contributed by atoms with Crippen LogP contribution < -0.4 is 10.1 Å². The Morgan fingerprint density at radius 1 is 0.968 bits per heavy atom. The number of urea groups is 1. The number of rotatable bonds is 6. The molecular weight excluding hydrogens is 503 g/mol. The molecule has 1 heterocycles. The van der Waals surface area contributed by atoms with Crippen molar-refractivity contribution in [2.24, 2.45) is 0 Å². The van der Waals surface area contributed by atoms with E-state index in [1.807, 2.05) is 79.7 Å². The fourth-order valence-corrected chi connectivity index (χ4v) is 3.91. The number of amides is 3. The highest BCUT2D eigenvalue weighted by Crippen LogP contribution is 2.25. The SMILES string of the molecule is Cc1ccc(CN2C(=O)N/C(=C/c3ccc(OCc4ccccc4)c(I)c3)C2=O)cc1. The van der Waals surface area contributed by atoms with Crippen LogP contribution in [0.25, 0.3) is 6.08 Å². The van der Waals surface area contributed by atoms with Gasteiger partial charge in [-0.05, 0) is 64.4 Å². The van der Waals surface area contributed by atoms with E-state index in [0.29, 0.717) is 6.61 Å². The first-order valence-corrected chi connectivity index (χ1v) is 10.9. The van der Waals surface area contributed by atoms with Gasteiger partial charge in [0, 0.05) is 0 Å². The molecule has 6 heteroatoms. The van der Waals surface area contributed by atoms with Gasteiger partial charge in [-0.25, -0.2) is 4.79 Å². The van der Waals surface area contributed by atoms with Gasteiger partial charge in [-0.3, -0.25) is 9.69 Å². The molecule has 1 saturated heterocycles. The Morgan fingerprint density at radius 3 is 2.42 bits per heavy atom. The van der Waals surface area contributed by atoms with E-state index in [0.717, 1.165) is 31.6 Å². The number of imide groups is 1. The lowest BCUT2D eigenvalue weighted by molar-refractivity contribution is -0.123. The summed E-state index contributed by atoms with van der Waals surface area (Å²) in [6.45, 7) is 2.73. The minimum Gasteiger partial charge on any atom is -0.488 e. The molecule has 0 atom stereocenters. The number of halogens is 1. The third-order valence-corrected chi connectivity index (χ3v) is 5.77. The Kier molecular flexibility index (Phi) is 6.36. The lowest BCUT2D eigenvalue weighted by Crippen LogP contribution is -2.30. The topological polar surface area (TPSA) is 58.6 Å². The fraction of sp³-hybridized carbons (Fsp3) is 0.120. The minimum atomic E-state index is -0.408. The van der Waals surface area contributed by atoms with Gasteiger partial charge in [0.15, 0.2) is 0 Å². The molecule has 0 bridgehead atoms. The lowest BCUT2D eigenvalue weighted by atomic mass is 10.1. The van der Waals surface area contributed by atoms with E-state index in [4.69, 9.17) is 4.74 Å². The quantitative estimate of drug-likeness (QED) is 0.272. The van der Waals surface area contributed by atoms with Crippen molar-refractivity contribution >= 4 is 40.6 Å². The number of carbonyl (C=O) groups is 2. The molecule has 3 aromatic rings. The van der Waals surface area contributed by atoms with Crippen LogP contribution in [0.4, 0.5) is 4.79 Å². The first kappa shape index (κ1) is 21.1. The molecule has 0 saturated carbocycles. The monoisotopic (exact) mass is 524 g/mol. The zero-order valence-electron chi connectivity index (χ0n) is 17.0. The van der Waals surface area contributed by atoms with Crippen LogP contribution in [0.5, 0.6) is 5.75 Å². The van der Waals surface area contributed by atoms with Crippen LogP contribution in [0.3, 0.4) is 0 Å². The second kappa shape index (κ2) is 9.34. The predicted molar refractivity (Wildman–Crippen MR) is 128 cm³/mol. The normalized spacial score (nSPS) is 14.8. The highest BCUT2D eigenvalue weighted by molar-refractivity contribution is 14.1. The average Bonchev–Trinajstić information content (AvgIpc) is 3.03. The smallest absolute Gasteiger partial charge is 0.329 e. The van der Waals surface area contributed by atoms with Crippen molar-refractivity contribution in [1.29, 1.82) is 0 Å². The molecule has 31 heavy (non-hydrogen) atoms. The molecule has 0 aliphatic carbocycles. The number of ether oxygens (including phenoxy) is 1. The van der Waals surface area contributed by atoms with Crippen molar-refractivity contribution in [3.8, 4) is 5.75 Å². The molecule has 1 N–H and O–H groups in total. The number of nitrogens with one attached hydrogen (secondary N) is 1. The molecule has 3 aromatic carbocycles.